The van der Waals surface area contributed by atoms with Crippen LogP contribution in [0.4, 0.5) is 0 Å². The fourth-order valence-corrected chi connectivity index (χ4v) is 3.46. The first-order valence-electron chi connectivity index (χ1n) is 6.66. The predicted molar refractivity (Wildman–Crippen MR) is 78.0 cm³/mol. The van der Waals surface area contributed by atoms with Gasteiger partial charge in [-0.3, -0.25) is 0 Å². The Kier molecular flexibility index (Phi) is 3.37. The summed E-state index contributed by atoms with van der Waals surface area (Å²) in [5.41, 5.74) is 0. The molecule has 1 N–H and O–H groups in total. The number of ether oxygens (including phenoxy) is 1. The van der Waals surface area contributed by atoms with E-state index in [1.807, 2.05) is 13.1 Å². The number of quaternary nitrogens is 1. The van der Waals surface area contributed by atoms with Crippen molar-refractivity contribution in [2.24, 2.45) is 5.10 Å². The molecule has 102 valence electrons. The van der Waals surface area contributed by atoms with Crippen molar-refractivity contribution in [3.63, 3.8) is 0 Å². The highest BCUT2D eigenvalue weighted by Gasteiger charge is 2.34. The zero-order chi connectivity index (χ0) is 13.5. The minimum atomic E-state index is 0.636. The van der Waals surface area contributed by atoms with Crippen molar-refractivity contribution >= 4 is 22.1 Å². The lowest BCUT2D eigenvalue weighted by molar-refractivity contribution is -0.865. The van der Waals surface area contributed by atoms with Gasteiger partial charge in [0, 0.05) is 24.9 Å². The van der Waals surface area contributed by atoms with Gasteiger partial charge < -0.3 is 10.1 Å². The van der Waals surface area contributed by atoms with Crippen LogP contribution in [-0.4, -0.2) is 37.9 Å². The molecule has 1 fully saturated rings. The molecule has 0 aliphatic carbocycles. The molecule has 0 saturated carbocycles. The number of methoxy groups -OCH3 is 1. The Bertz CT molecular complexity index is 606. The van der Waals surface area contributed by atoms with E-state index in [1.165, 1.54) is 18.1 Å². The Balaban J connectivity index is 1.96. The number of halogens is 1. The molecule has 5 heteroatoms. The number of rotatable bonds is 2. The van der Waals surface area contributed by atoms with Crippen LogP contribution in [0.25, 0.3) is 6.20 Å². The van der Waals surface area contributed by atoms with Gasteiger partial charge in [0.2, 0.25) is 0 Å². The molecule has 0 aromatic heterocycles. The maximum absolute atomic E-state index is 5.34. The lowest BCUT2D eigenvalue weighted by atomic mass is 10.1. The summed E-state index contributed by atoms with van der Waals surface area (Å²) >= 11 is 3.54. The van der Waals surface area contributed by atoms with Crippen LogP contribution in [-0.2, 0) is 0 Å². The Morgan fingerprint density at radius 3 is 2.74 bits per heavy atom. The molecule has 0 bridgehead atoms. The van der Waals surface area contributed by atoms with Crippen LogP contribution in [0.3, 0.4) is 0 Å². The highest BCUT2D eigenvalue weighted by atomic mass is 79.9. The van der Waals surface area contributed by atoms with Crippen LogP contribution < -0.4 is 20.6 Å². The van der Waals surface area contributed by atoms with Crippen molar-refractivity contribution in [1.29, 1.82) is 0 Å². The van der Waals surface area contributed by atoms with E-state index >= 15 is 0 Å². The van der Waals surface area contributed by atoms with E-state index in [0.29, 0.717) is 6.04 Å². The number of piperidine rings is 1. The normalized spacial score (nSPS) is 28.7. The molecule has 0 amide bonds. The summed E-state index contributed by atoms with van der Waals surface area (Å²) < 4.78 is 7.08. The molecule has 1 saturated heterocycles. The first-order valence-corrected chi connectivity index (χ1v) is 7.46. The lowest BCUT2D eigenvalue weighted by Gasteiger charge is -2.33. The third-order valence-electron chi connectivity index (χ3n) is 4.13. The fraction of sp³-hybridized carbons (Fsp3) is 0.500. The first kappa shape index (κ1) is 13.1. The topological polar surface area (TPSA) is 33.6 Å². The van der Waals surface area contributed by atoms with Gasteiger partial charge in [-0.15, -0.1) is 0 Å². The number of fused-ring (bicyclic) bond motifs is 1. The van der Waals surface area contributed by atoms with Gasteiger partial charge in [0.1, 0.15) is 30.4 Å². The molecular weight excluding hydrogens is 306 g/mol. The standard InChI is InChI=1S/C14H19BrN3O/c1-16-11-3-5-18(6-4-11)9-10-7-12(15)14(19-2)8-13(10)17-18/h7-9,11,16H,3-6H2,1-2H3/q+1. The van der Waals surface area contributed by atoms with E-state index in [2.05, 4.69) is 33.5 Å². The molecule has 2 aliphatic rings. The summed E-state index contributed by atoms with van der Waals surface area (Å²) in [4.78, 5) is 0. The second-order valence-corrected chi connectivity index (χ2v) is 6.13. The number of hydrogen-bond donors (Lipinski definition) is 1. The van der Waals surface area contributed by atoms with Crippen LogP contribution in [0.1, 0.15) is 12.8 Å². The second kappa shape index (κ2) is 4.89. The van der Waals surface area contributed by atoms with E-state index < -0.39 is 0 Å². The third-order valence-corrected chi connectivity index (χ3v) is 4.74. The van der Waals surface area contributed by atoms with Crippen molar-refractivity contribution in [3.8, 4) is 5.75 Å². The molecule has 2 aliphatic heterocycles. The number of nitrogens with one attached hydrogen (secondary N) is 1. The van der Waals surface area contributed by atoms with Crippen LogP contribution in [0.2, 0.25) is 0 Å². The Morgan fingerprint density at radius 2 is 2.11 bits per heavy atom. The van der Waals surface area contributed by atoms with Crippen LogP contribution in [0, 0.1) is 0 Å². The van der Waals surface area contributed by atoms with Gasteiger partial charge in [-0.2, -0.15) is 4.59 Å². The molecule has 0 atom stereocenters. The van der Waals surface area contributed by atoms with Gasteiger partial charge in [0.15, 0.2) is 0 Å². The quantitative estimate of drug-likeness (QED) is 0.821. The number of hydrogen-bond acceptors (Lipinski definition) is 3. The fourth-order valence-electron chi connectivity index (χ4n) is 2.94. The summed E-state index contributed by atoms with van der Waals surface area (Å²) in [5, 5.41) is 10.5. The highest BCUT2D eigenvalue weighted by molar-refractivity contribution is 9.10. The molecule has 3 rings (SSSR count). The predicted octanol–water partition coefficient (Wildman–Crippen LogP) is 0.943. The Hall–Kier alpha value is -0.910. The summed E-state index contributed by atoms with van der Waals surface area (Å²) in [6.07, 6.45) is 4.62. The molecule has 2 heterocycles. The van der Waals surface area contributed by atoms with Crippen molar-refractivity contribution < 1.29 is 9.33 Å². The van der Waals surface area contributed by atoms with E-state index in [1.54, 1.807) is 7.11 Å². The molecule has 0 unspecified atom stereocenters. The molecule has 19 heavy (non-hydrogen) atoms. The van der Waals surface area contributed by atoms with Gasteiger partial charge in [-0.1, -0.05) is 5.10 Å². The summed E-state index contributed by atoms with van der Waals surface area (Å²) in [5.74, 6) is 0.848. The molecule has 1 spiro atoms. The highest BCUT2D eigenvalue weighted by Crippen LogP contribution is 2.24. The van der Waals surface area contributed by atoms with Crippen molar-refractivity contribution in [2.45, 2.75) is 18.9 Å². The van der Waals surface area contributed by atoms with Crippen LogP contribution in [0.5, 0.6) is 5.75 Å². The van der Waals surface area contributed by atoms with Gasteiger partial charge >= 0.3 is 0 Å². The van der Waals surface area contributed by atoms with Gasteiger partial charge in [0.05, 0.1) is 16.8 Å². The molecule has 0 radical (unpaired) electrons. The maximum atomic E-state index is 5.34. The summed E-state index contributed by atoms with van der Waals surface area (Å²) in [6, 6.07) is 4.76. The third kappa shape index (κ3) is 2.30. The largest absolute Gasteiger partial charge is 0.495 e. The van der Waals surface area contributed by atoms with E-state index in [0.717, 1.165) is 33.3 Å². The number of benzene rings is 1. The molecular formula is C14H19BrN3O+. The summed E-state index contributed by atoms with van der Waals surface area (Å²) in [6.45, 7) is 2.14. The van der Waals surface area contributed by atoms with Gasteiger partial charge in [-0.05, 0) is 29.0 Å². The van der Waals surface area contributed by atoms with E-state index in [9.17, 15) is 0 Å². The Morgan fingerprint density at radius 1 is 1.37 bits per heavy atom. The molecule has 1 aromatic carbocycles. The second-order valence-electron chi connectivity index (χ2n) is 5.27. The van der Waals surface area contributed by atoms with Gasteiger partial charge in [-0.25, -0.2) is 0 Å². The van der Waals surface area contributed by atoms with Crippen molar-refractivity contribution in [2.75, 3.05) is 27.2 Å². The zero-order valence-corrected chi connectivity index (χ0v) is 12.9. The van der Waals surface area contributed by atoms with Crippen LogP contribution >= 0.6 is 15.9 Å². The maximum Gasteiger partial charge on any atom is 0.135 e. The lowest BCUT2D eigenvalue weighted by Crippen LogP contribution is -2.48. The molecule has 1 aromatic rings. The SMILES string of the molecule is CNC1CC[N+]2(C=c3cc(Br)c(OC)cc3=N2)CC1. The Labute approximate surface area is 121 Å². The first-order chi connectivity index (χ1) is 9.15. The average Bonchev–Trinajstić information content (AvgIpc) is 2.75. The summed E-state index contributed by atoms with van der Waals surface area (Å²) in [7, 11) is 3.73. The number of nitrogens with zero attached hydrogens (tertiary/aromatic N) is 2. The van der Waals surface area contributed by atoms with E-state index in [4.69, 9.17) is 9.84 Å². The minimum Gasteiger partial charge on any atom is -0.495 e. The average molecular weight is 325 g/mol. The monoisotopic (exact) mass is 324 g/mol. The minimum absolute atomic E-state index is 0.636. The van der Waals surface area contributed by atoms with Crippen LogP contribution in [0.15, 0.2) is 21.7 Å². The van der Waals surface area contributed by atoms with Crippen molar-refractivity contribution in [3.05, 3.63) is 27.2 Å². The van der Waals surface area contributed by atoms with Gasteiger partial charge in [0.25, 0.3) is 0 Å². The zero-order valence-electron chi connectivity index (χ0n) is 11.3. The smallest absolute Gasteiger partial charge is 0.135 e. The van der Waals surface area contributed by atoms with Crippen molar-refractivity contribution in [1.82, 2.24) is 5.32 Å². The van der Waals surface area contributed by atoms with E-state index in [-0.39, 0.29) is 0 Å². The molecule has 4 nitrogen and oxygen atoms in total.